The molecule has 116 valence electrons. The Morgan fingerprint density at radius 1 is 1.38 bits per heavy atom. The van der Waals surface area contributed by atoms with Crippen molar-refractivity contribution in [1.82, 2.24) is 10.5 Å². The van der Waals surface area contributed by atoms with Gasteiger partial charge in [0, 0.05) is 19.8 Å². The lowest BCUT2D eigenvalue weighted by molar-refractivity contribution is -0.154. The number of carbonyl (C=O) groups is 2. The first-order valence-corrected chi connectivity index (χ1v) is 7.04. The van der Waals surface area contributed by atoms with Crippen LogP contribution in [0.1, 0.15) is 41.6 Å². The topological polar surface area (TPSA) is 102 Å². The van der Waals surface area contributed by atoms with Crippen molar-refractivity contribution in [1.29, 1.82) is 0 Å². The Bertz CT molecular complexity index is 531. The van der Waals surface area contributed by atoms with E-state index in [0.29, 0.717) is 49.5 Å². The number of hydrogen-bond donors (Lipinski definition) is 2. The zero-order valence-electron chi connectivity index (χ0n) is 12.3. The van der Waals surface area contributed by atoms with Gasteiger partial charge in [-0.1, -0.05) is 12.1 Å². The summed E-state index contributed by atoms with van der Waals surface area (Å²) in [4.78, 5) is 23.8. The number of amides is 1. The fourth-order valence-corrected chi connectivity index (χ4v) is 2.52. The van der Waals surface area contributed by atoms with Gasteiger partial charge in [0.25, 0.3) is 5.91 Å². The average Bonchev–Trinajstić information content (AvgIpc) is 2.86. The van der Waals surface area contributed by atoms with Crippen LogP contribution in [0.3, 0.4) is 0 Å². The number of nitrogens with one attached hydrogen (secondary N) is 1. The summed E-state index contributed by atoms with van der Waals surface area (Å²) < 4.78 is 10.2. The van der Waals surface area contributed by atoms with E-state index >= 15 is 0 Å². The van der Waals surface area contributed by atoms with Gasteiger partial charge in [-0.2, -0.15) is 0 Å². The van der Waals surface area contributed by atoms with Crippen LogP contribution in [0.5, 0.6) is 0 Å². The maximum absolute atomic E-state index is 12.3. The predicted octanol–water partition coefficient (Wildman–Crippen LogP) is 1.16. The van der Waals surface area contributed by atoms with Crippen LogP contribution in [-0.4, -0.2) is 41.9 Å². The minimum atomic E-state index is -0.953. The van der Waals surface area contributed by atoms with Crippen LogP contribution >= 0.6 is 0 Å². The molecular weight excluding hydrogens is 276 g/mol. The largest absolute Gasteiger partial charge is 0.481 e. The second kappa shape index (κ2) is 6.26. The van der Waals surface area contributed by atoms with Crippen molar-refractivity contribution in [2.24, 2.45) is 5.41 Å². The Labute approximate surface area is 122 Å². The van der Waals surface area contributed by atoms with Crippen molar-refractivity contribution in [3.05, 3.63) is 17.0 Å². The predicted molar refractivity (Wildman–Crippen MR) is 73.1 cm³/mol. The number of rotatable bonds is 5. The lowest BCUT2D eigenvalue weighted by Crippen LogP contribution is -2.46. The number of aryl methyl sites for hydroxylation is 2. The molecule has 1 saturated heterocycles. The fraction of sp³-hybridized carbons (Fsp3) is 0.643. The van der Waals surface area contributed by atoms with Crippen LogP contribution in [0.25, 0.3) is 0 Å². The van der Waals surface area contributed by atoms with E-state index in [4.69, 9.17) is 9.26 Å². The van der Waals surface area contributed by atoms with Crippen LogP contribution in [0, 0.1) is 12.3 Å². The van der Waals surface area contributed by atoms with E-state index in [-0.39, 0.29) is 12.5 Å². The van der Waals surface area contributed by atoms with Gasteiger partial charge in [-0.25, -0.2) is 0 Å². The SMILES string of the molecule is CCc1noc(C)c1C(=O)NCC1(C(=O)O)CCOCC1. The minimum Gasteiger partial charge on any atom is -0.481 e. The molecule has 0 spiro atoms. The number of ether oxygens (including phenoxy) is 1. The Balaban J connectivity index is 2.09. The third-order valence-electron chi connectivity index (χ3n) is 3.99. The number of carbonyl (C=O) groups excluding carboxylic acids is 1. The Morgan fingerprint density at radius 2 is 2.05 bits per heavy atom. The molecule has 2 rings (SSSR count). The van der Waals surface area contributed by atoms with Gasteiger partial charge in [0.1, 0.15) is 11.3 Å². The van der Waals surface area contributed by atoms with Gasteiger partial charge in [-0.15, -0.1) is 0 Å². The summed E-state index contributed by atoms with van der Waals surface area (Å²) in [7, 11) is 0. The van der Waals surface area contributed by atoms with Crippen LogP contribution in [0.15, 0.2) is 4.52 Å². The second-order valence-electron chi connectivity index (χ2n) is 5.29. The summed E-state index contributed by atoms with van der Waals surface area (Å²) in [6.45, 7) is 4.43. The van der Waals surface area contributed by atoms with E-state index in [1.807, 2.05) is 6.92 Å². The highest BCUT2D eigenvalue weighted by molar-refractivity contribution is 5.96. The van der Waals surface area contributed by atoms with E-state index in [9.17, 15) is 14.7 Å². The van der Waals surface area contributed by atoms with Crippen molar-refractivity contribution >= 4 is 11.9 Å². The van der Waals surface area contributed by atoms with Crippen molar-refractivity contribution in [2.45, 2.75) is 33.1 Å². The summed E-state index contributed by atoms with van der Waals surface area (Å²) in [5.41, 5.74) is 0.0391. The van der Waals surface area contributed by atoms with Crippen molar-refractivity contribution in [3.8, 4) is 0 Å². The molecule has 21 heavy (non-hydrogen) atoms. The maximum atomic E-state index is 12.3. The normalized spacial score (nSPS) is 17.4. The average molecular weight is 296 g/mol. The molecular formula is C14H20N2O5. The number of aliphatic carboxylic acids is 1. The minimum absolute atomic E-state index is 0.0816. The molecule has 0 saturated carbocycles. The lowest BCUT2D eigenvalue weighted by atomic mass is 9.80. The van der Waals surface area contributed by atoms with E-state index < -0.39 is 11.4 Å². The molecule has 2 N–H and O–H groups in total. The molecule has 1 aromatic heterocycles. The monoisotopic (exact) mass is 296 g/mol. The van der Waals surface area contributed by atoms with Crippen LogP contribution in [0.4, 0.5) is 0 Å². The van der Waals surface area contributed by atoms with Gasteiger partial charge >= 0.3 is 5.97 Å². The number of hydrogen-bond acceptors (Lipinski definition) is 5. The first kappa shape index (κ1) is 15.5. The van der Waals surface area contributed by atoms with Crippen molar-refractivity contribution in [3.63, 3.8) is 0 Å². The molecule has 1 fully saturated rings. The van der Waals surface area contributed by atoms with E-state index in [0.717, 1.165) is 0 Å². The summed E-state index contributed by atoms with van der Waals surface area (Å²) >= 11 is 0. The van der Waals surface area contributed by atoms with Crippen LogP contribution < -0.4 is 5.32 Å². The highest BCUT2D eigenvalue weighted by atomic mass is 16.5. The molecule has 2 heterocycles. The summed E-state index contributed by atoms with van der Waals surface area (Å²) in [5.74, 6) is -0.790. The highest BCUT2D eigenvalue weighted by Crippen LogP contribution is 2.30. The van der Waals surface area contributed by atoms with Gasteiger partial charge in [0.2, 0.25) is 0 Å². The molecule has 0 aliphatic carbocycles. The molecule has 1 aromatic rings. The summed E-state index contributed by atoms with van der Waals surface area (Å²) in [5, 5.41) is 16.0. The third-order valence-corrected chi connectivity index (χ3v) is 3.99. The van der Waals surface area contributed by atoms with Crippen LogP contribution in [-0.2, 0) is 16.0 Å². The van der Waals surface area contributed by atoms with Gasteiger partial charge < -0.3 is 19.7 Å². The van der Waals surface area contributed by atoms with E-state index in [1.54, 1.807) is 6.92 Å². The van der Waals surface area contributed by atoms with Gasteiger partial charge in [-0.3, -0.25) is 9.59 Å². The summed E-state index contributed by atoms with van der Waals surface area (Å²) in [6, 6.07) is 0. The molecule has 7 nitrogen and oxygen atoms in total. The van der Waals surface area contributed by atoms with E-state index in [2.05, 4.69) is 10.5 Å². The number of nitrogens with zero attached hydrogens (tertiary/aromatic N) is 1. The number of carboxylic acid groups (broad SMARTS) is 1. The lowest BCUT2D eigenvalue weighted by Gasteiger charge is -2.33. The van der Waals surface area contributed by atoms with Crippen molar-refractivity contribution < 1.29 is 24.0 Å². The van der Waals surface area contributed by atoms with E-state index in [1.165, 1.54) is 0 Å². The highest BCUT2D eigenvalue weighted by Gasteiger charge is 2.40. The first-order chi connectivity index (χ1) is 10.00. The smallest absolute Gasteiger partial charge is 0.311 e. The molecule has 1 amide bonds. The number of aromatic nitrogens is 1. The molecule has 0 bridgehead atoms. The molecule has 0 atom stereocenters. The second-order valence-corrected chi connectivity index (χ2v) is 5.29. The Hall–Kier alpha value is -1.89. The van der Waals surface area contributed by atoms with Gasteiger partial charge in [-0.05, 0) is 26.2 Å². The Morgan fingerprint density at radius 3 is 2.62 bits per heavy atom. The fourth-order valence-electron chi connectivity index (χ4n) is 2.52. The molecule has 1 aliphatic heterocycles. The zero-order valence-corrected chi connectivity index (χ0v) is 12.3. The standard InChI is InChI=1S/C14H20N2O5/c1-3-10-11(9(2)21-16-10)12(17)15-8-14(13(18)19)4-6-20-7-5-14/h3-8H2,1-2H3,(H,15,17)(H,18,19). The molecule has 0 radical (unpaired) electrons. The molecule has 7 heteroatoms. The Kier molecular flexibility index (Phi) is 4.62. The zero-order chi connectivity index (χ0) is 15.5. The quantitative estimate of drug-likeness (QED) is 0.845. The van der Waals surface area contributed by atoms with Gasteiger partial charge in [0.15, 0.2) is 0 Å². The third kappa shape index (κ3) is 3.07. The molecule has 0 unspecified atom stereocenters. The number of carboxylic acids is 1. The molecule has 0 aromatic carbocycles. The van der Waals surface area contributed by atoms with Crippen LogP contribution in [0.2, 0.25) is 0 Å². The maximum Gasteiger partial charge on any atom is 0.311 e. The molecule has 1 aliphatic rings. The van der Waals surface area contributed by atoms with Gasteiger partial charge in [0.05, 0.1) is 11.1 Å². The first-order valence-electron chi connectivity index (χ1n) is 7.04. The van der Waals surface area contributed by atoms with Crippen molar-refractivity contribution in [2.75, 3.05) is 19.8 Å². The summed E-state index contributed by atoms with van der Waals surface area (Å²) in [6.07, 6.45) is 1.37.